The Hall–Kier alpha value is -1.36. The van der Waals surface area contributed by atoms with Crippen LogP contribution >= 0.6 is 11.6 Å². The summed E-state index contributed by atoms with van der Waals surface area (Å²) in [6.45, 7) is 12.2. The molecule has 1 saturated heterocycles. The van der Waals surface area contributed by atoms with Gasteiger partial charge in [-0.3, -0.25) is 14.9 Å². The van der Waals surface area contributed by atoms with Crippen LogP contribution in [0.5, 0.6) is 0 Å². The second-order valence-electron chi connectivity index (χ2n) is 7.21. The van der Waals surface area contributed by atoms with E-state index >= 15 is 0 Å². The van der Waals surface area contributed by atoms with Crippen LogP contribution in [0.1, 0.15) is 26.3 Å². The first-order valence-corrected chi connectivity index (χ1v) is 8.57. The van der Waals surface area contributed by atoms with Crippen molar-refractivity contribution in [3.8, 4) is 11.3 Å². The highest BCUT2D eigenvalue weighted by Crippen LogP contribution is 2.25. The molecule has 0 unspecified atom stereocenters. The highest BCUT2D eigenvalue weighted by Gasteiger charge is 2.26. The number of hydrogen-bond donors (Lipinski definition) is 1. The molecular weight excluding hydrogens is 308 g/mol. The minimum absolute atomic E-state index is 0.260. The Balaban J connectivity index is 1.66. The highest BCUT2D eigenvalue weighted by molar-refractivity contribution is 6.30. The van der Waals surface area contributed by atoms with Gasteiger partial charge in [-0.05, 0) is 38.5 Å². The molecule has 0 spiro atoms. The van der Waals surface area contributed by atoms with Crippen molar-refractivity contribution in [1.82, 2.24) is 20.0 Å². The molecule has 124 valence electrons. The Morgan fingerprint density at radius 3 is 2.35 bits per heavy atom. The van der Waals surface area contributed by atoms with Crippen LogP contribution in [0.25, 0.3) is 11.3 Å². The van der Waals surface area contributed by atoms with Gasteiger partial charge in [-0.2, -0.15) is 5.10 Å². The van der Waals surface area contributed by atoms with Gasteiger partial charge in [0.25, 0.3) is 0 Å². The molecule has 1 aliphatic heterocycles. The van der Waals surface area contributed by atoms with Crippen molar-refractivity contribution in [1.29, 1.82) is 0 Å². The van der Waals surface area contributed by atoms with E-state index in [4.69, 9.17) is 11.6 Å². The van der Waals surface area contributed by atoms with E-state index in [-0.39, 0.29) is 5.54 Å². The standard InChI is InChI=1S/C18H25ClN4/c1-18(2,3)23-10-8-22(9-11-23)13-15-12-20-21-17(15)14-4-6-16(19)7-5-14/h4-7,12H,8-11,13H2,1-3H3,(H,20,21). The average molecular weight is 333 g/mol. The molecule has 4 nitrogen and oxygen atoms in total. The summed E-state index contributed by atoms with van der Waals surface area (Å²) in [7, 11) is 0. The number of halogens is 1. The van der Waals surface area contributed by atoms with E-state index in [0.29, 0.717) is 0 Å². The minimum atomic E-state index is 0.260. The summed E-state index contributed by atoms with van der Waals surface area (Å²) < 4.78 is 0. The number of aromatic nitrogens is 2. The third-order valence-electron chi connectivity index (χ3n) is 4.57. The molecule has 0 radical (unpaired) electrons. The fraction of sp³-hybridized carbons (Fsp3) is 0.500. The van der Waals surface area contributed by atoms with Crippen LogP contribution in [0.2, 0.25) is 5.02 Å². The number of nitrogens with zero attached hydrogens (tertiary/aromatic N) is 3. The maximum atomic E-state index is 5.98. The summed E-state index contributed by atoms with van der Waals surface area (Å²) in [5.74, 6) is 0. The number of hydrogen-bond acceptors (Lipinski definition) is 3. The lowest BCUT2D eigenvalue weighted by atomic mass is 10.0. The van der Waals surface area contributed by atoms with E-state index in [1.807, 2.05) is 30.5 Å². The van der Waals surface area contributed by atoms with Crippen LogP contribution in [-0.4, -0.2) is 51.7 Å². The van der Waals surface area contributed by atoms with E-state index in [1.165, 1.54) is 5.56 Å². The van der Waals surface area contributed by atoms with Crippen LogP contribution in [-0.2, 0) is 6.54 Å². The maximum Gasteiger partial charge on any atom is 0.0695 e. The highest BCUT2D eigenvalue weighted by atomic mass is 35.5. The largest absolute Gasteiger partial charge is 0.296 e. The Morgan fingerprint density at radius 1 is 1.09 bits per heavy atom. The quantitative estimate of drug-likeness (QED) is 0.932. The molecule has 5 heteroatoms. The van der Waals surface area contributed by atoms with Gasteiger partial charge in [-0.1, -0.05) is 23.7 Å². The van der Waals surface area contributed by atoms with Gasteiger partial charge in [0.15, 0.2) is 0 Å². The molecule has 2 aromatic rings. The smallest absolute Gasteiger partial charge is 0.0695 e. The topological polar surface area (TPSA) is 35.2 Å². The summed E-state index contributed by atoms with van der Waals surface area (Å²) in [5.41, 5.74) is 3.74. The van der Waals surface area contributed by atoms with E-state index in [1.54, 1.807) is 0 Å². The second kappa shape index (κ2) is 6.63. The first-order chi connectivity index (χ1) is 10.9. The van der Waals surface area contributed by atoms with Gasteiger partial charge in [-0.25, -0.2) is 0 Å². The molecule has 0 atom stereocenters. The van der Waals surface area contributed by atoms with Crippen LogP contribution < -0.4 is 0 Å². The Morgan fingerprint density at radius 2 is 1.74 bits per heavy atom. The Bertz CT molecular complexity index is 634. The SMILES string of the molecule is CC(C)(C)N1CCN(Cc2cn[nH]c2-c2ccc(Cl)cc2)CC1. The number of aromatic amines is 1. The van der Waals surface area contributed by atoms with Crippen molar-refractivity contribution in [2.45, 2.75) is 32.9 Å². The van der Waals surface area contributed by atoms with Crippen LogP contribution in [0.15, 0.2) is 30.5 Å². The summed E-state index contributed by atoms with van der Waals surface area (Å²) in [4.78, 5) is 5.06. The van der Waals surface area contributed by atoms with Gasteiger partial charge in [0.2, 0.25) is 0 Å². The third kappa shape index (κ3) is 3.94. The predicted octanol–water partition coefficient (Wildman–Crippen LogP) is 3.65. The van der Waals surface area contributed by atoms with Crippen molar-refractivity contribution >= 4 is 11.6 Å². The van der Waals surface area contributed by atoms with E-state index in [0.717, 1.165) is 49.0 Å². The molecule has 1 N–H and O–H groups in total. The number of piperazine rings is 1. The van der Waals surface area contributed by atoms with Crippen molar-refractivity contribution in [3.63, 3.8) is 0 Å². The summed E-state index contributed by atoms with van der Waals surface area (Å²) in [6.07, 6.45) is 1.94. The first kappa shape index (κ1) is 16.5. The molecule has 0 amide bonds. The minimum Gasteiger partial charge on any atom is -0.296 e. The number of nitrogens with one attached hydrogen (secondary N) is 1. The van der Waals surface area contributed by atoms with Crippen LogP contribution in [0, 0.1) is 0 Å². The van der Waals surface area contributed by atoms with Crippen LogP contribution in [0.4, 0.5) is 0 Å². The summed E-state index contributed by atoms with van der Waals surface area (Å²) in [5, 5.41) is 8.14. The lowest BCUT2D eigenvalue weighted by Gasteiger charge is -2.42. The van der Waals surface area contributed by atoms with Crippen molar-refractivity contribution < 1.29 is 0 Å². The second-order valence-corrected chi connectivity index (χ2v) is 7.65. The molecule has 3 rings (SSSR count). The predicted molar refractivity (Wildman–Crippen MR) is 95.6 cm³/mol. The fourth-order valence-electron chi connectivity index (χ4n) is 3.12. The molecule has 1 aromatic carbocycles. The van der Waals surface area contributed by atoms with Gasteiger partial charge < -0.3 is 0 Å². The van der Waals surface area contributed by atoms with Gasteiger partial charge in [0.1, 0.15) is 0 Å². The van der Waals surface area contributed by atoms with E-state index in [9.17, 15) is 0 Å². The average Bonchev–Trinajstić information content (AvgIpc) is 2.96. The molecule has 0 saturated carbocycles. The molecule has 0 bridgehead atoms. The van der Waals surface area contributed by atoms with Crippen molar-refractivity contribution in [2.75, 3.05) is 26.2 Å². The van der Waals surface area contributed by atoms with Gasteiger partial charge in [0.05, 0.1) is 11.9 Å². The van der Waals surface area contributed by atoms with E-state index < -0.39 is 0 Å². The Kier molecular flexibility index (Phi) is 4.76. The molecule has 1 fully saturated rings. The van der Waals surface area contributed by atoms with E-state index in [2.05, 4.69) is 40.8 Å². The number of rotatable bonds is 3. The number of H-pyrrole nitrogens is 1. The zero-order chi connectivity index (χ0) is 16.4. The summed E-state index contributed by atoms with van der Waals surface area (Å²) >= 11 is 5.98. The molecule has 23 heavy (non-hydrogen) atoms. The van der Waals surface area contributed by atoms with Gasteiger partial charge >= 0.3 is 0 Å². The van der Waals surface area contributed by atoms with Gasteiger partial charge in [0, 0.05) is 48.8 Å². The lowest BCUT2D eigenvalue weighted by Crippen LogP contribution is -2.53. The van der Waals surface area contributed by atoms with Crippen LogP contribution in [0.3, 0.4) is 0 Å². The lowest BCUT2D eigenvalue weighted by molar-refractivity contribution is 0.0591. The molecule has 1 aromatic heterocycles. The Labute approximate surface area is 143 Å². The molecular formula is C18H25ClN4. The first-order valence-electron chi connectivity index (χ1n) is 8.19. The third-order valence-corrected chi connectivity index (χ3v) is 4.82. The molecule has 0 aliphatic carbocycles. The van der Waals surface area contributed by atoms with Crippen molar-refractivity contribution in [2.24, 2.45) is 0 Å². The zero-order valence-electron chi connectivity index (χ0n) is 14.1. The normalized spacial score (nSPS) is 17.6. The number of benzene rings is 1. The monoisotopic (exact) mass is 332 g/mol. The van der Waals surface area contributed by atoms with Crippen molar-refractivity contribution in [3.05, 3.63) is 41.0 Å². The summed E-state index contributed by atoms with van der Waals surface area (Å²) in [6, 6.07) is 7.92. The molecule has 2 heterocycles. The maximum absolute atomic E-state index is 5.98. The van der Waals surface area contributed by atoms with Gasteiger partial charge in [-0.15, -0.1) is 0 Å². The fourth-order valence-corrected chi connectivity index (χ4v) is 3.24. The zero-order valence-corrected chi connectivity index (χ0v) is 14.9. The molecule has 1 aliphatic rings.